The van der Waals surface area contributed by atoms with Crippen LogP contribution in [-0.4, -0.2) is 41.1 Å². The number of nitrogens with one attached hydrogen (secondary N) is 2. The van der Waals surface area contributed by atoms with Gasteiger partial charge in [-0.2, -0.15) is 0 Å². The fourth-order valence-electron chi connectivity index (χ4n) is 3.28. The van der Waals surface area contributed by atoms with E-state index in [9.17, 15) is 10.1 Å². The molecule has 0 aliphatic carbocycles. The van der Waals surface area contributed by atoms with Crippen molar-refractivity contribution in [3.63, 3.8) is 0 Å². The number of nitro benzene ring substituents is 1. The van der Waals surface area contributed by atoms with Crippen LogP contribution in [0.5, 0.6) is 0 Å². The number of aromatic amines is 1. The quantitative estimate of drug-likeness (QED) is 0.632. The highest BCUT2D eigenvalue weighted by atomic mass is 16.6. The molecule has 1 aromatic heterocycles. The molecule has 0 spiro atoms. The first-order chi connectivity index (χ1) is 9.70. The number of benzene rings is 1. The predicted octanol–water partition coefficient (Wildman–Crippen LogP) is 1.13. The van der Waals surface area contributed by atoms with Crippen molar-refractivity contribution < 1.29 is 4.92 Å². The van der Waals surface area contributed by atoms with Gasteiger partial charge >= 0.3 is 0 Å². The van der Waals surface area contributed by atoms with Crippen molar-refractivity contribution in [2.75, 3.05) is 31.1 Å². The second-order valence-electron chi connectivity index (χ2n) is 5.60. The van der Waals surface area contributed by atoms with Crippen molar-refractivity contribution in [3.05, 3.63) is 28.3 Å². The highest BCUT2D eigenvalue weighted by molar-refractivity contribution is 5.80. The molecule has 2 aliphatic rings. The molecule has 0 unspecified atom stereocenters. The molecule has 2 N–H and O–H groups in total. The average Bonchev–Trinajstić information content (AvgIpc) is 3.10. The third-order valence-corrected chi connectivity index (χ3v) is 4.35. The van der Waals surface area contributed by atoms with Crippen LogP contribution in [0.25, 0.3) is 11.0 Å². The fourth-order valence-corrected chi connectivity index (χ4v) is 3.28. The van der Waals surface area contributed by atoms with Gasteiger partial charge in [0.05, 0.1) is 16.0 Å². The molecule has 2 atom stereocenters. The maximum absolute atomic E-state index is 10.8. The molecule has 4 rings (SSSR count). The number of hydrogen-bond donors (Lipinski definition) is 2. The largest absolute Gasteiger partial charge is 0.342 e. The molecule has 20 heavy (non-hydrogen) atoms. The molecule has 2 saturated heterocycles. The van der Waals surface area contributed by atoms with Gasteiger partial charge in [-0.1, -0.05) is 0 Å². The van der Waals surface area contributed by atoms with Crippen LogP contribution in [0.15, 0.2) is 18.2 Å². The summed E-state index contributed by atoms with van der Waals surface area (Å²) in [6.07, 6.45) is 0. The smallest absolute Gasteiger partial charge is 0.271 e. The Morgan fingerprint density at radius 3 is 2.75 bits per heavy atom. The van der Waals surface area contributed by atoms with Crippen molar-refractivity contribution in [2.24, 2.45) is 11.8 Å². The van der Waals surface area contributed by atoms with Gasteiger partial charge < -0.3 is 15.2 Å². The second-order valence-corrected chi connectivity index (χ2v) is 5.60. The van der Waals surface area contributed by atoms with Gasteiger partial charge in [-0.3, -0.25) is 10.1 Å². The Labute approximate surface area is 115 Å². The molecular formula is C13H15N5O2. The third kappa shape index (κ3) is 1.74. The Hall–Kier alpha value is -2.15. The van der Waals surface area contributed by atoms with E-state index in [1.54, 1.807) is 12.1 Å². The lowest BCUT2D eigenvalue weighted by molar-refractivity contribution is -0.384. The van der Waals surface area contributed by atoms with Crippen LogP contribution in [0, 0.1) is 22.0 Å². The lowest BCUT2D eigenvalue weighted by atomic mass is 10.0. The normalized spacial score (nSPS) is 25.3. The van der Waals surface area contributed by atoms with Crippen LogP contribution in [-0.2, 0) is 0 Å². The molecule has 7 nitrogen and oxygen atoms in total. The lowest BCUT2D eigenvalue weighted by Gasteiger charge is -2.15. The summed E-state index contributed by atoms with van der Waals surface area (Å²) in [6.45, 7) is 4.15. The van der Waals surface area contributed by atoms with Crippen molar-refractivity contribution in [2.45, 2.75) is 0 Å². The number of rotatable bonds is 2. The molecule has 3 heterocycles. The molecular weight excluding hydrogens is 258 g/mol. The zero-order valence-corrected chi connectivity index (χ0v) is 10.9. The summed E-state index contributed by atoms with van der Waals surface area (Å²) in [6, 6.07) is 4.74. The summed E-state index contributed by atoms with van der Waals surface area (Å²) >= 11 is 0. The van der Waals surface area contributed by atoms with E-state index in [2.05, 4.69) is 20.2 Å². The first kappa shape index (κ1) is 11.7. The Kier molecular flexibility index (Phi) is 2.43. The SMILES string of the molecule is O=[N+]([O-])c1ccc2nc(N3C[C@H]4CNC[C@H]4C3)[nH]c2c1. The number of imidazole rings is 1. The molecule has 2 fully saturated rings. The standard InChI is InChI=1S/C13H15N5O2/c19-18(20)10-1-2-11-12(3-10)16-13(15-11)17-6-8-4-14-5-9(8)7-17/h1-3,8-9,14H,4-7H2,(H,15,16)/t8-,9+. The van der Waals surface area contributed by atoms with Crippen molar-refractivity contribution in [1.82, 2.24) is 15.3 Å². The molecule has 0 bridgehead atoms. The molecule has 0 radical (unpaired) electrons. The Morgan fingerprint density at radius 1 is 1.30 bits per heavy atom. The van der Waals surface area contributed by atoms with Gasteiger partial charge in [0.2, 0.25) is 5.95 Å². The van der Waals surface area contributed by atoms with Crippen LogP contribution >= 0.6 is 0 Å². The monoisotopic (exact) mass is 273 g/mol. The summed E-state index contributed by atoms with van der Waals surface area (Å²) in [5.74, 6) is 2.21. The number of anilines is 1. The van der Waals surface area contributed by atoms with Gasteiger partial charge in [0, 0.05) is 38.3 Å². The van der Waals surface area contributed by atoms with Gasteiger partial charge in [0.1, 0.15) is 0 Å². The molecule has 104 valence electrons. The van der Waals surface area contributed by atoms with E-state index in [0.717, 1.165) is 43.2 Å². The van der Waals surface area contributed by atoms with Gasteiger partial charge in [-0.05, 0) is 17.9 Å². The first-order valence-electron chi connectivity index (χ1n) is 6.80. The van der Waals surface area contributed by atoms with Gasteiger partial charge in [-0.25, -0.2) is 4.98 Å². The van der Waals surface area contributed by atoms with E-state index < -0.39 is 0 Å². The summed E-state index contributed by atoms with van der Waals surface area (Å²) in [4.78, 5) is 20.4. The van der Waals surface area contributed by atoms with Crippen LogP contribution < -0.4 is 10.2 Å². The van der Waals surface area contributed by atoms with Crippen molar-refractivity contribution in [1.29, 1.82) is 0 Å². The van der Waals surface area contributed by atoms with E-state index >= 15 is 0 Å². The highest BCUT2D eigenvalue weighted by Gasteiger charge is 2.37. The molecule has 1 aromatic carbocycles. The number of nitro groups is 1. The van der Waals surface area contributed by atoms with Crippen molar-refractivity contribution in [3.8, 4) is 0 Å². The van der Waals surface area contributed by atoms with Gasteiger partial charge in [0.15, 0.2) is 0 Å². The fraction of sp³-hybridized carbons (Fsp3) is 0.462. The van der Waals surface area contributed by atoms with E-state index in [0.29, 0.717) is 11.8 Å². The van der Waals surface area contributed by atoms with Crippen molar-refractivity contribution >= 4 is 22.7 Å². The minimum atomic E-state index is -0.383. The minimum absolute atomic E-state index is 0.0928. The molecule has 0 saturated carbocycles. The minimum Gasteiger partial charge on any atom is -0.342 e. The molecule has 2 aliphatic heterocycles. The Morgan fingerprint density at radius 2 is 2.05 bits per heavy atom. The van der Waals surface area contributed by atoms with Crippen LogP contribution in [0.1, 0.15) is 0 Å². The van der Waals surface area contributed by atoms with E-state index in [1.165, 1.54) is 6.07 Å². The van der Waals surface area contributed by atoms with Gasteiger partial charge in [0.25, 0.3) is 5.69 Å². The summed E-state index contributed by atoms with van der Waals surface area (Å²) in [5.41, 5.74) is 1.60. The predicted molar refractivity (Wildman–Crippen MR) is 74.8 cm³/mol. The van der Waals surface area contributed by atoms with E-state index in [-0.39, 0.29) is 10.6 Å². The first-order valence-corrected chi connectivity index (χ1v) is 6.80. The summed E-state index contributed by atoms with van der Waals surface area (Å²) < 4.78 is 0. The molecule has 2 aromatic rings. The summed E-state index contributed by atoms with van der Waals surface area (Å²) in [7, 11) is 0. The van der Waals surface area contributed by atoms with Crippen LogP contribution in [0.2, 0.25) is 0 Å². The highest BCUT2D eigenvalue weighted by Crippen LogP contribution is 2.30. The number of nitrogens with zero attached hydrogens (tertiary/aromatic N) is 3. The Bertz CT molecular complexity index is 670. The van der Waals surface area contributed by atoms with Crippen LogP contribution in [0.3, 0.4) is 0 Å². The average molecular weight is 273 g/mol. The number of H-pyrrole nitrogens is 1. The number of non-ortho nitro benzene ring substituents is 1. The topological polar surface area (TPSA) is 87.1 Å². The van der Waals surface area contributed by atoms with Gasteiger partial charge in [-0.15, -0.1) is 0 Å². The van der Waals surface area contributed by atoms with E-state index in [1.807, 2.05) is 0 Å². The number of aromatic nitrogens is 2. The Balaban J connectivity index is 1.66. The number of hydrogen-bond acceptors (Lipinski definition) is 5. The zero-order chi connectivity index (χ0) is 13.7. The third-order valence-electron chi connectivity index (χ3n) is 4.35. The zero-order valence-electron chi connectivity index (χ0n) is 10.9. The lowest BCUT2D eigenvalue weighted by Crippen LogP contribution is -2.26. The maximum Gasteiger partial charge on any atom is 0.271 e. The number of fused-ring (bicyclic) bond motifs is 2. The summed E-state index contributed by atoms with van der Waals surface area (Å²) in [5, 5.41) is 14.2. The second kappa shape index (κ2) is 4.17. The molecule has 7 heteroatoms. The van der Waals surface area contributed by atoms with E-state index in [4.69, 9.17) is 0 Å². The van der Waals surface area contributed by atoms with Crippen LogP contribution in [0.4, 0.5) is 11.6 Å². The molecule has 0 amide bonds. The maximum atomic E-state index is 10.8.